The van der Waals surface area contributed by atoms with Gasteiger partial charge in [0.15, 0.2) is 0 Å². The van der Waals surface area contributed by atoms with Gasteiger partial charge < -0.3 is 15.4 Å². The van der Waals surface area contributed by atoms with E-state index in [0.717, 1.165) is 0 Å². The first-order valence-corrected chi connectivity index (χ1v) is 7.43. The lowest BCUT2D eigenvalue weighted by molar-refractivity contribution is 0.0523. The standard InChI is InChI=1S/C11H24N2O3S/c1-9(12-6-7-17(5)15)8-13-10(14)16-11(2,3)4/h9,12H,6-8H2,1-5H3,(H,13,14). The number of ether oxygens (including phenoxy) is 1. The van der Waals surface area contributed by atoms with E-state index in [2.05, 4.69) is 10.6 Å². The predicted octanol–water partition coefficient (Wildman–Crippen LogP) is 0.868. The number of alkyl carbamates (subject to hydrolysis) is 1. The van der Waals surface area contributed by atoms with E-state index in [0.29, 0.717) is 18.8 Å². The molecule has 2 atom stereocenters. The Morgan fingerprint density at radius 1 is 1.41 bits per heavy atom. The van der Waals surface area contributed by atoms with E-state index in [1.165, 1.54) is 0 Å². The third kappa shape index (κ3) is 11.6. The minimum absolute atomic E-state index is 0.131. The summed E-state index contributed by atoms with van der Waals surface area (Å²) in [6.07, 6.45) is 1.26. The smallest absolute Gasteiger partial charge is 0.407 e. The van der Waals surface area contributed by atoms with Crippen LogP contribution in [0.1, 0.15) is 27.7 Å². The Morgan fingerprint density at radius 2 is 2.00 bits per heavy atom. The van der Waals surface area contributed by atoms with Crippen molar-refractivity contribution in [3.63, 3.8) is 0 Å². The maximum atomic E-state index is 11.3. The summed E-state index contributed by atoms with van der Waals surface area (Å²) in [4.78, 5) is 11.3. The number of hydrogen-bond donors (Lipinski definition) is 2. The first kappa shape index (κ1) is 16.4. The van der Waals surface area contributed by atoms with Crippen LogP contribution in [-0.2, 0) is 15.5 Å². The number of nitrogens with one attached hydrogen (secondary N) is 2. The van der Waals surface area contributed by atoms with Gasteiger partial charge in [-0.05, 0) is 27.7 Å². The summed E-state index contributed by atoms with van der Waals surface area (Å²) in [7, 11) is -0.783. The molecule has 17 heavy (non-hydrogen) atoms. The predicted molar refractivity (Wildman–Crippen MR) is 70.6 cm³/mol. The van der Waals surface area contributed by atoms with Gasteiger partial charge in [-0.1, -0.05) is 0 Å². The van der Waals surface area contributed by atoms with Gasteiger partial charge in [0.1, 0.15) is 5.60 Å². The monoisotopic (exact) mass is 264 g/mol. The van der Waals surface area contributed by atoms with E-state index in [1.54, 1.807) is 6.26 Å². The lowest BCUT2D eigenvalue weighted by atomic mass is 10.2. The molecular formula is C11H24N2O3S. The van der Waals surface area contributed by atoms with Crippen LogP contribution >= 0.6 is 0 Å². The molecule has 6 heteroatoms. The molecule has 1 amide bonds. The van der Waals surface area contributed by atoms with Gasteiger partial charge in [-0.15, -0.1) is 0 Å². The summed E-state index contributed by atoms with van der Waals surface area (Å²) < 4.78 is 15.9. The van der Waals surface area contributed by atoms with Crippen molar-refractivity contribution in [2.24, 2.45) is 0 Å². The van der Waals surface area contributed by atoms with E-state index < -0.39 is 22.5 Å². The molecule has 0 saturated heterocycles. The number of amides is 1. The highest BCUT2D eigenvalue weighted by Gasteiger charge is 2.16. The molecule has 0 bridgehead atoms. The van der Waals surface area contributed by atoms with Gasteiger partial charge in [0, 0.05) is 41.9 Å². The second kappa shape index (κ2) is 7.66. The summed E-state index contributed by atoms with van der Waals surface area (Å²) in [5.41, 5.74) is -0.472. The average molecular weight is 264 g/mol. The van der Waals surface area contributed by atoms with Crippen molar-refractivity contribution < 1.29 is 13.7 Å². The van der Waals surface area contributed by atoms with Crippen LogP contribution in [0.25, 0.3) is 0 Å². The highest BCUT2D eigenvalue weighted by molar-refractivity contribution is 7.84. The molecule has 0 fully saturated rings. The summed E-state index contributed by atoms with van der Waals surface area (Å²) >= 11 is 0. The Bertz CT molecular complexity index is 264. The maximum Gasteiger partial charge on any atom is 0.407 e. The van der Waals surface area contributed by atoms with E-state index in [9.17, 15) is 9.00 Å². The fraction of sp³-hybridized carbons (Fsp3) is 0.909. The van der Waals surface area contributed by atoms with Crippen LogP contribution in [-0.4, -0.2) is 47.0 Å². The second-order valence-electron chi connectivity index (χ2n) is 5.02. The molecule has 0 aromatic carbocycles. The normalized spacial score (nSPS) is 15.1. The fourth-order valence-electron chi connectivity index (χ4n) is 1.07. The van der Waals surface area contributed by atoms with Crippen molar-refractivity contribution in [1.29, 1.82) is 0 Å². The first-order chi connectivity index (χ1) is 7.70. The van der Waals surface area contributed by atoms with Gasteiger partial charge in [0.05, 0.1) is 0 Å². The number of carbonyl (C=O) groups is 1. The molecule has 2 unspecified atom stereocenters. The third-order valence-electron chi connectivity index (χ3n) is 1.83. The zero-order chi connectivity index (χ0) is 13.5. The van der Waals surface area contributed by atoms with Gasteiger partial charge in [-0.25, -0.2) is 4.79 Å². The minimum atomic E-state index is -0.783. The lowest BCUT2D eigenvalue weighted by Gasteiger charge is -2.21. The van der Waals surface area contributed by atoms with Gasteiger partial charge >= 0.3 is 6.09 Å². The summed E-state index contributed by atoms with van der Waals surface area (Å²) in [5, 5.41) is 5.85. The van der Waals surface area contributed by atoms with E-state index in [-0.39, 0.29) is 6.04 Å². The highest BCUT2D eigenvalue weighted by atomic mass is 32.2. The van der Waals surface area contributed by atoms with Crippen molar-refractivity contribution >= 4 is 16.9 Å². The average Bonchev–Trinajstić information content (AvgIpc) is 2.11. The third-order valence-corrected chi connectivity index (χ3v) is 2.61. The Labute approximate surface area is 106 Å². The fourth-order valence-corrected chi connectivity index (χ4v) is 1.48. The van der Waals surface area contributed by atoms with E-state index in [4.69, 9.17) is 4.74 Å². The van der Waals surface area contributed by atoms with E-state index >= 15 is 0 Å². The minimum Gasteiger partial charge on any atom is -0.444 e. The molecule has 2 N–H and O–H groups in total. The molecule has 0 saturated carbocycles. The van der Waals surface area contributed by atoms with Crippen molar-refractivity contribution in [3.05, 3.63) is 0 Å². The summed E-state index contributed by atoms with van der Waals surface area (Å²) in [6, 6.07) is 0.131. The van der Waals surface area contributed by atoms with Crippen LogP contribution in [0, 0.1) is 0 Å². The molecule has 0 aromatic heterocycles. The largest absolute Gasteiger partial charge is 0.444 e. The molecule has 0 spiro atoms. The SMILES string of the molecule is CC(CNC(=O)OC(C)(C)C)NCCS(C)=O. The first-order valence-electron chi connectivity index (χ1n) is 5.71. The van der Waals surface area contributed by atoms with Gasteiger partial charge in [0.2, 0.25) is 0 Å². The Hall–Kier alpha value is -0.620. The molecule has 0 aliphatic rings. The van der Waals surface area contributed by atoms with Crippen molar-refractivity contribution in [1.82, 2.24) is 10.6 Å². The molecule has 102 valence electrons. The lowest BCUT2D eigenvalue weighted by Crippen LogP contribution is -2.42. The van der Waals surface area contributed by atoms with Crippen LogP contribution in [0.15, 0.2) is 0 Å². The van der Waals surface area contributed by atoms with Crippen LogP contribution in [0.4, 0.5) is 4.79 Å². The van der Waals surface area contributed by atoms with Gasteiger partial charge in [-0.3, -0.25) is 4.21 Å². The van der Waals surface area contributed by atoms with Crippen molar-refractivity contribution in [2.75, 3.05) is 25.1 Å². The Kier molecular flexibility index (Phi) is 7.38. The summed E-state index contributed by atoms with van der Waals surface area (Å²) in [6.45, 7) is 8.60. The quantitative estimate of drug-likeness (QED) is 0.747. The van der Waals surface area contributed by atoms with Crippen molar-refractivity contribution in [3.8, 4) is 0 Å². The molecule has 5 nitrogen and oxygen atoms in total. The van der Waals surface area contributed by atoms with Gasteiger partial charge in [0.25, 0.3) is 0 Å². The Morgan fingerprint density at radius 3 is 2.47 bits per heavy atom. The maximum absolute atomic E-state index is 11.3. The van der Waals surface area contributed by atoms with E-state index in [1.807, 2.05) is 27.7 Å². The zero-order valence-corrected chi connectivity index (χ0v) is 12.1. The number of carbonyl (C=O) groups excluding carboxylic acids is 1. The number of hydrogen-bond acceptors (Lipinski definition) is 4. The molecule has 0 rings (SSSR count). The molecule has 0 radical (unpaired) electrons. The van der Waals surface area contributed by atoms with Crippen LogP contribution in [0.3, 0.4) is 0 Å². The molecule has 0 aliphatic heterocycles. The summed E-state index contributed by atoms with van der Waals surface area (Å²) in [5.74, 6) is 0.622. The molecule has 0 aromatic rings. The molecule has 0 aliphatic carbocycles. The second-order valence-corrected chi connectivity index (χ2v) is 6.57. The highest BCUT2D eigenvalue weighted by Crippen LogP contribution is 2.06. The Balaban J connectivity index is 3.66. The van der Waals surface area contributed by atoms with Crippen molar-refractivity contribution in [2.45, 2.75) is 39.3 Å². The van der Waals surface area contributed by atoms with Crippen LogP contribution < -0.4 is 10.6 Å². The van der Waals surface area contributed by atoms with Crippen LogP contribution in [0.2, 0.25) is 0 Å². The topological polar surface area (TPSA) is 67.4 Å². The van der Waals surface area contributed by atoms with Gasteiger partial charge in [-0.2, -0.15) is 0 Å². The molecular weight excluding hydrogens is 240 g/mol. The molecule has 0 heterocycles. The number of rotatable bonds is 6. The van der Waals surface area contributed by atoms with Crippen LogP contribution in [0.5, 0.6) is 0 Å². The zero-order valence-electron chi connectivity index (χ0n) is 11.3.